The normalized spacial score (nSPS) is 18.2. The maximum Gasteiger partial charge on any atom is 0.416 e. The SMILES string of the molecule is O=C(c1cn(-c2cccc(C(F)(F)F)c2)nn1)N1CCC(CO)C1. The highest BCUT2D eigenvalue weighted by Crippen LogP contribution is 2.30. The summed E-state index contributed by atoms with van der Waals surface area (Å²) in [6.07, 6.45) is -2.43. The van der Waals surface area contributed by atoms with Crippen molar-refractivity contribution in [1.82, 2.24) is 19.9 Å². The molecule has 0 aliphatic carbocycles. The van der Waals surface area contributed by atoms with Crippen LogP contribution in [0.15, 0.2) is 30.5 Å². The first kappa shape index (κ1) is 16.4. The van der Waals surface area contributed by atoms with Gasteiger partial charge in [-0.15, -0.1) is 5.10 Å². The number of carbonyl (C=O) groups is 1. The van der Waals surface area contributed by atoms with E-state index in [1.165, 1.54) is 18.3 Å². The van der Waals surface area contributed by atoms with Gasteiger partial charge in [0.25, 0.3) is 5.91 Å². The van der Waals surface area contributed by atoms with Gasteiger partial charge in [-0.3, -0.25) is 4.79 Å². The maximum atomic E-state index is 12.8. The molecule has 0 radical (unpaired) electrons. The Kier molecular flexibility index (Phi) is 4.27. The van der Waals surface area contributed by atoms with Crippen LogP contribution in [-0.4, -0.2) is 50.6 Å². The Morgan fingerprint density at radius 2 is 2.17 bits per heavy atom. The number of aliphatic hydroxyl groups is 1. The van der Waals surface area contributed by atoms with Crippen LogP contribution >= 0.6 is 0 Å². The summed E-state index contributed by atoms with van der Waals surface area (Å²) in [5.74, 6) is -0.295. The second-order valence-electron chi connectivity index (χ2n) is 5.68. The first-order valence-corrected chi connectivity index (χ1v) is 7.38. The van der Waals surface area contributed by atoms with Gasteiger partial charge in [-0.2, -0.15) is 13.2 Å². The molecule has 6 nitrogen and oxygen atoms in total. The third-order valence-electron chi connectivity index (χ3n) is 3.98. The first-order valence-electron chi connectivity index (χ1n) is 7.38. The Labute approximate surface area is 135 Å². The quantitative estimate of drug-likeness (QED) is 0.924. The summed E-state index contributed by atoms with van der Waals surface area (Å²) >= 11 is 0. The van der Waals surface area contributed by atoms with Crippen molar-refractivity contribution in [3.63, 3.8) is 0 Å². The second kappa shape index (κ2) is 6.23. The van der Waals surface area contributed by atoms with Gasteiger partial charge >= 0.3 is 6.18 Å². The fraction of sp³-hybridized carbons (Fsp3) is 0.400. The lowest BCUT2D eigenvalue weighted by Crippen LogP contribution is -2.29. The molecular formula is C15H15F3N4O2. The second-order valence-corrected chi connectivity index (χ2v) is 5.68. The average molecular weight is 340 g/mol. The molecule has 1 aliphatic rings. The molecule has 128 valence electrons. The number of aliphatic hydroxyl groups excluding tert-OH is 1. The number of rotatable bonds is 3. The molecular weight excluding hydrogens is 325 g/mol. The smallest absolute Gasteiger partial charge is 0.396 e. The van der Waals surface area contributed by atoms with Gasteiger partial charge in [-0.05, 0) is 24.6 Å². The zero-order chi connectivity index (χ0) is 17.3. The van der Waals surface area contributed by atoms with E-state index in [0.29, 0.717) is 19.5 Å². The van der Waals surface area contributed by atoms with Crippen LogP contribution in [0.3, 0.4) is 0 Å². The van der Waals surface area contributed by atoms with Gasteiger partial charge in [0.2, 0.25) is 0 Å². The lowest BCUT2D eigenvalue weighted by Gasteiger charge is -2.13. The molecule has 1 fully saturated rings. The van der Waals surface area contributed by atoms with Crippen molar-refractivity contribution in [1.29, 1.82) is 0 Å². The number of hydrogen-bond acceptors (Lipinski definition) is 4. The number of benzene rings is 1. The van der Waals surface area contributed by atoms with Crippen molar-refractivity contribution in [2.75, 3.05) is 19.7 Å². The van der Waals surface area contributed by atoms with Crippen LogP contribution in [0.25, 0.3) is 5.69 Å². The molecule has 1 aromatic carbocycles. The number of carbonyl (C=O) groups excluding carboxylic acids is 1. The Hall–Kier alpha value is -2.42. The molecule has 9 heteroatoms. The minimum atomic E-state index is -4.45. The van der Waals surface area contributed by atoms with Gasteiger partial charge in [-0.25, -0.2) is 4.68 Å². The summed E-state index contributed by atoms with van der Waals surface area (Å²) < 4.78 is 39.4. The van der Waals surface area contributed by atoms with Crippen LogP contribution < -0.4 is 0 Å². The van der Waals surface area contributed by atoms with Crippen molar-refractivity contribution in [2.24, 2.45) is 5.92 Å². The van der Waals surface area contributed by atoms with Gasteiger partial charge in [0.15, 0.2) is 5.69 Å². The Morgan fingerprint density at radius 3 is 2.83 bits per heavy atom. The van der Waals surface area contributed by atoms with Crippen LogP contribution in [0.4, 0.5) is 13.2 Å². The number of likely N-dealkylation sites (tertiary alicyclic amines) is 1. The number of amides is 1. The summed E-state index contributed by atoms with van der Waals surface area (Å²) in [6, 6.07) is 4.63. The van der Waals surface area contributed by atoms with E-state index in [1.54, 1.807) is 4.90 Å². The lowest BCUT2D eigenvalue weighted by molar-refractivity contribution is -0.137. The highest BCUT2D eigenvalue weighted by atomic mass is 19.4. The predicted molar refractivity (Wildman–Crippen MR) is 77.5 cm³/mol. The molecule has 24 heavy (non-hydrogen) atoms. The third kappa shape index (κ3) is 3.25. The largest absolute Gasteiger partial charge is 0.416 e. The van der Waals surface area contributed by atoms with Crippen LogP contribution in [0, 0.1) is 5.92 Å². The van der Waals surface area contributed by atoms with Crippen molar-refractivity contribution in [2.45, 2.75) is 12.6 Å². The van der Waals surface area contributed by atoms with E-state index in [2.05, 4.69) is 10.3 Å². The number of hydrogen-bond donors (Lipinski definition) is 1. The van der Waals surface area contributed by atoms with Crippen molar-refractivity contribution < 1.29 is 23.1 Å². The predicted octanol–water partition coefficient (Wildman–Crippen LogP) is 1.74. The summed E-state index contributed by atoms with van der Waals surface area (Å²) in [5.41, 5.74) is -0.564. The molecule has 0 spiro atoms. The molecule has 1 N–H and O–H groups in total. The standard InChI is InChI=1S/C15H15F3N4O2/c16-15(17,18)11-2-1-3-12(6-11)22-8-13(19-20-22)14(24)21-5-4-10(7-21)9-23/h1-3,6,8,10,23H,4-5,7,9H2. The fourth-order valence-corrected chi connectivity index (χ4v) is 2.64. The van der Waals surface area contributed by atoms with E-state index in [9.17, 15) is 18.0 Å². The van der Waals surface area contributed by atoms with E-state index in [1.807, 2.05) is 0 Å². The van der Waals surface area contributed by atoms with Gasteiger partial charge in [0, 0.05) is 25.6 Å². The summed E-state index contributed by atoms with van der Waals surface area (Å²) in [6.45, 7) is 0.965. The zero-order valence-electron chi connectivity index (χ0n) is 12.6. The first-order chi connectivity index (χ1) is 11.4. The minimum absolute atomic E-state index is 0.0146. The van der Waals surface area contributed by atoms with Gasteiger partial charge in [0.1, 0.15) is 0 Å². The van der Waals surface area contributed by atoms with Crippen LogP contribution in [0.1, 0.15) is 22.5 Å². The minimum Gasteiger partial charge on any atom is -0.396 e. The Balaban J connectivity index is 1.80. The van der Waals surface area contributed by atoms with Crippen LogP contribution in [0.5, 0.6) is 0 Å². The molecule has 2 heterocycles. The fourth-order valence-electron chi connectivity index (χ4n) is 2.64. The summed E-state index contributed by atoms with van der Waals surface area (Å²) in [7, 11) is 0. The van der Waals surface area contributed by atoms with Crippen molar-refractivity contribution in [3.05, 3.63) is 41.7 Å². The van der Waals surface area contributed by atoms with E-state index in [-0.39, 0.29) is 29.8 Å². The highest BCUT2D eigenvalue weighted by molar-refractivity contribution is 5.92. The van der Waals surface area contributed by atoms with Gasteiger partial charge in [-0.1, -0.05) is 11.3 Å². The van der Waals surface area contributed by atoms with E-state index < -0.39 is 11.7 Å². The molecule has 0 saturated carbocycles. The van der Waals surface area contributed by atoms with Crippen molar-refractivity contribution in [3.8, 4) is 5.69 Å². The summed E-state index contributed by atoms with van der Waals surface area (Å²) in [4.78, 5) is 13.9. The molecule has 3 rings (SSSR count). The van der Waals surface area contributed by atoms with Crippen LogP contribution in [-0.2, 0) is 6.18 Å². The average Bonchev–Trinajstić information content (AvgIpc) is 3.23. The maximum absolute atomic E-state index is 12.8. The molecule has 1 aromatic heterocycles. The molecule has 2 aromatic rings. The molecule has 1 saturated heterocycles. The monoisotopic (exact) mass is 340 g/mol. The van der Waals surface area contributed by atoms with E-state index >= 15 is 0 Å². The molecule has 1 unspecified atom stereocenters. The number of halogens is 3. The van der Waals surface area contributed by atoms with Crippen LogP contribution in [0.2, 0.25) is 0 Å². The highest BCUT2D eigenvalue weighted by Gasteiger charge is 2.31. The van der Waals surface area contributed by atoms with E-state index in [4.69, 9.17) is 5.11 Å². The summed E-state index contributed by atoms with van der Waals surface area (Å²) in [5, 5.41) is 16.6. The topological polar surface area (TPSA) is 71.2 Å². The lowest BCUT2D eigenvalue weighted by atomic mass is 10.1. The van der Waals surface area contributed by atoms with Gasteiger partial charge in [0.05, 0.1) is 17.4 Å². The number of aromatic nitrogens is 3. The molecule has 0 bridgehead atoms. The Bertz CT molecular complexity index is 744. The number of alkyl halides is 3. The van der Waals surface area contributed by atoms with E-state index in [0.717, 1.165) is 16.8 Å². The molecule has 1 aliphatic heterocycles. The van der Waals surface area contributed by atoms with Gasteiger partial charge < -0.3 is 10.0 Å². The Morgan fingerprint density at radius 1 is 1.38 bits per heavy atom. The number of nitrogens with zero attached hydrogens (tertiary/aromatic N) is 4. The van der Waals surface area contributed by atoms with Crippen molar-refractivity contribution >= 4 is 5.91 Å². The third-order valence-corrected chi connectivity index (χ3v) is 3.98. The molecule has 1 atom stereocenters. The zero-order valence-corrected chi connectivity index (χ0v) is 12.6. The molecule has 1 amide bonds.